The van der Waals surface area contributed by atoms with Gasteiger partial charge in [-0.3, -0.25) is 9.59 Å². The van der Waals surface area contributed by atoms with E-state index in [2.05, 4.69) is 10.6 Å². The van der Waals surface area contributed by atoms with Crippen LogP contribution in [-0.2, 0) is 16.0 Å². The second kappa shape index (κ2) is 7.75. The van der Waals surface area contributed by atoms with Crippen molar-refractivity contribution in [1.82, 2.24) is 0 Å². The summed E-state index contributed by atoms with van der Waals surface area (Å²) in [7, 11) is 0. The number of anilines is 2. The fourth-order valence-electron chi connectivity index (χ4n) is 3.64. The maximum atomic E-state index is 12.6. The van der Waals surface area contributed by atoms with Crippen molar-refractivity contribution in [1.29, 1.82) is 0 Å². The highest BCUT2D eigenvalue weighted by atomic mass is 16.4. The van der Waals surface area contributed by atoms with Gasteiger partial charge in [0, 0.05) is 35.1 Å². The first-order chi connectivity index (χ1) is 14.7. The van der Waals surface area contributed by atoms with Crippen LogP contribution in [0.1, 0.15) is 29.4 Å². The van der Waals surface area contributed by atoms with E-state index in [1.807, 2.05) is 26.8 Å². The van der Waals surface area contributed by atoms with Crippen molar-refractivity contribution >= 4 is 45.1 Å². The predicted molar refractivity (Wildman–Crippen MR) is 120 cm³/mol. The molecule has 7 heteroatoms. The molecule has 0 saturated carbocycles. The van der Waals surface area contributed by atoms with E-state index in [0.29, 0.717) is 33.7 Å². The molecule has 4 rings (SSSR count). The maximum absolute atomic E-state index is 12.6. The molecule has 0 unspecified atom stereocenters. The topological polar surface area (TPSA) is 102 Å². The number of fused-ring (bicyclic) bond motifs is 2. The zero-order valence-corrected chi connectivity index (χ0v) is 17.7. The minimum absolute atomic E-state index is 0.112. The average Bonchev–Trinajstić information content (AvgIpc) is 2.98. The first kappa shape index (κ1) is 20.4. The van der Waals surface area contributed by atoms with Crippen molar-refractivity contribution in [3.63, 3.8) is 0 Å². The molecular formula is C24H22N2O5. The summed E-state index contributed by atoms with van der Waals surface area (Å²) in [5.41, 5.74) is 3.81. The predicted octanol–water partition coefficient (Wildman–Crippen LogP) is 4.60. The van der Waals surface area contributed by atoms with Gasteiger partial charge in [0.15, 0.2) is 0 Å². The van der Waals surface area contributed by atoms with Crippen molar-refractivity contribution in [3.8, 4) is 0 Å². The number of hydrogen-bond donors (Lipinski definition) is 2. The number of rotatable bonds is 4. The summed E-state index contributed by atoms with van der Waals surface area (Å²) in [6, 6.07) is 10.4. The van der Waals surface area contributed by atoms with Crippen molar-refractivity contribution in [2.45, 2.75) is 34.1 Å². The number of carbonyl (C=O) groups excluding carboxylic acids is 2. The molecule has 2 N–H and O–H groups in total. The lowest BCUT2D eigenvalue weighted by Gasteiger charge is -2.09. The number of carbonyl (C=O) groups is 2. The van der Waals surface area contributed by atoms with E-state index < -0.39 is 5.63 Å². The Labute approximate surface area is 178 Å². The molecule has 0 aliphatic heterocycles. The Morgan fingerprint density at radius 3 is 2.06 bits per heavy atom. The number of nitrogens with one attached hydrogen (secondary N) is 2. The molecular weight excluding hydrogens is 396 g/mol. The lowest BCUT2D eigenvalue weighted by atomic mass is 10.0. The Balaban J connectivity index is 1.62. The fraction of sp³-hybridized carbons (Fsp3) is 0.208. The summed E-state index contributed by atoms with van der Waals surface area (Å²) in [5, 5.41) is 7.16. The van der Waals surface area contributed by atoms with E-state index in [4.69, 9.17) is 8.83 Å². The SMILES string of the molecule is CC(=O)Nc1ccc(NC(=O)Cc2c(C)c3cc4c(C)c(C)oc4cc3oc2=O)cc1. The normalized spacial score (nSPS) is 11.1. The number of furan rings is 1. The van der Waals surface area contributed by atoms with Gasteiger partial charge in [0.25, 0.3) is 0 Å². The highest BCUT2D eigenvalue weighted by Gasteiger charge is 2.17. The third-order valence-electron chi connectivity index (χ3n) is 5.41. The Morgan fingerprint density at radius 2 is 1.42 bits per heavy atom. The molecule has 0 aliphatic carbocycles. The van der Waals surface area contributed by atoms with Gasteiger partial charge in [-0.1, -0.05) is 0 Å². The third-order valence-corrected chi connectivity index (χ3v) is 5.41. The summed E-state index contributed by atoms with van der Waals surface area (Å²) < 4.78 is 11.2. The lowest BCUT2D eigenvalue weighted by molar-refractivity contribution is -0.116. The zero-order valence-electron chi connectivity index (χ0n) is 17.7. The summed E-state index contributed by atoms with van der Waals surface area (Å²) >= 11 is 0. The number of aryl methyl sites for hydroxylation is 3. The Kier molecular flexibility index (Phi) is 5.10. The number of benzene rings is 2. The molecule has 2 heterocycles. The minimum Gasteiger partial charge on any atom is -0.461 e. The number of amides is 2. The summed E-state index contributed by atoms with van der Waals surface area (Å²) in [6.07, 6.45) is -0.112. The summed E-state index contributed by atoms with van der Waals surface area (Å²) in [4.78, 5) is 36.3. The van der Waals surface area contributed by atoms with Crippen LogP contribution >= 0.6 is 0 Å². The molecule has 4 aromatic rings. The van der Waals surface area contributed by atoms with E-state index in [-0.39, 0.29) is 18.2 Å². The van der Waals surface area contributed by atoms with E-state index in [9.17, 15) is 14.4 Å². The lowest BCUT2D eigenvalue weighted by Crippen LogP contribution is -2.20. The first-order valence-electron chi connectivity index (χ1n) is 9.86. The van der Waals surface area contributed by atoms with Crippen LogP contribution in [0.25, 0.3) is 21.9 Å². The summed E-state index contributed by atoms with van der Waals surface area (Å²) in [5.74, 6) is 0.307. The van der Waals surface area contributed by atoms with Gasteiger partial charge in [-0.2, -0.15) is 0 Å². The largest absolute Gasteiger partial charge is 0.461 e. The molecule has 31 heavy (non-hydrogen) atoms. The molecule has 0 atom stereocenters. The third kappa shape index (κ3) is 3.94. The van der Waals surface area contributed by atoms with Crippen molar-refractivity contribution < 1.29 is 18.4 Å². The first-order valence-corrected chi connectivity index (χ1v) is 9.86. The Hall–Kier alpha value is -3.87. The molecule has 0 bridgehead atoms. The van der Waals surface area contributed by atoms with E-state index in [0.717, 1.165) is 22.1 Å². The molecule has 0 saturated heterocycles. The van der Waals surface area contributed by atoms with Crippen molar-refractivity contribution in [2.75, 3.05) is 10.6 Å². The molecule has 0 spiro atoms. The van der Waals surface area contributed by atoms with Crippen LogP contribution in [0.4, 0.5) is 11.4 Å². The van der Waals surface area contributed by atoms with Crippen molar-refractivity contribution in [2.24, 2.45) is 0 Å². The van der Waals surface area contributed by atoms with Gasteiger partial charge in [0.1, 0.15) is 16.9 Å². The quantitative estimate of drug-likeness (QED) is 0.472. The van der Waals surface area contributed by atoms with Crippen LogP contribution in [-0.4, -0.2) is 11.8 Å². The molecule has 158 valence electrons. The highest BCUT2D eigenvalue weighted by molar-refractivity contribution is 5.98. The molecule has 0 fully saturated rings. The van der Waals surface area contributed by atoms with E-state index in [1.165, 1.54) is 6.92 Å². The second-order valence-corrected chi connectivity index (χ2v) is 7.60. The van der Waals surface area contributed by atoms with Crippen LogP contribution in [0, 0.1) is 20.8 Å². The minimum atomic E-state index is -0.541. The molecule has 0 radical (unpaired) electrons. The van der Waals surface area contributed by atoms with Crippen LogP contribution in [0.2, 0.25) is 0 Å². The molecule has 2 amide bonds. The molecule has 0 aliphatic rings. The second-order valence-electron chi connectivity index (χ2n) is 7.60. The van der Waals surface area contributed by atoms with Gasteiger partial charge >= 0.3 is 5.63 Å². The maximum Gasteiger partial charge on any atom is 0.340 e. The van der Waals surface area contributed by atoms with Crippen LogP contribution in [0.15, 0.2) is 50.0 Å². The van der Waals surface area contributed by atoms with Crippen molar-refractivity contribution in [3.05, 3.63) is 69.3 Å². The standard InChI is InChI=1S/C24H22N2O5/c1-12-14(3)30-21-11-22-19(9-18(12)21)13(2)20(24(29)31-22)10-23(28)26-17-7-5-16(6-8-17)25-15(4)27/h5-9,11H,10H2,1-4H3,(H,25,27)(H,26,28). The van der Waals surface area contributed by atoms with Gasteiger partial charge < -0.3 is 19.5 Å². The highest BCUT2D eigenvalue weighted by Crippen LogP contribution is 2.31. The van der Waals surface area contributed by atoms with Gasteiger partial charge in [-0.05, 0) is 62.2 Å². The Bertz CT molecular complexity index is 1390. The van der Waals surface area contributed by atoms with Gasteiger partial charge in [0.2, 0.25) is 11.8 Å². The van der Waals surface area contributed by atoms with Gasteiger partial charge in [-0.25, -0.2) is 4.79 Å². The van der Waals surface area contributed by atoms with E-state index >= 15 is 0 Å². The van der Waals surface area contributed by atoms with Gasteiger partial charge in [0.05, 0.1) is 12.0 Å². The van der Waals surface area contributed by atoms with E-state index in [1.54, 1.807) is 30.3 Å². The van der Waals surface area contributed by atoms with Crippen LogP contribution in [0.3, 0.4) is 0 Å². The number of hydrogen-bond acceptors (Lipinski definition) is 5. The molecule has 2 aromatic carbocycles. The zero-order chi connectivity index (χ0) is 22.3. The molecule has 2 aromatic heterocycles. The fourth-order valence-corrected chi connectivity index (χ4v) is 3.64. The smallest absolute Gasteiger partial charge is 0.340 e. The van der Waals surface area contributed by atoms with Crippen LogP contribution in [0.5, 0.6) is 0 Å². The Morgan fingerprint density at radius 1 is 0.839 bits per heavy atom. The monoisotopic (exact) mass is 418 g/mol. The van der Waals surface area contributed by atoms with Gasteiger partial charge in [-0.15, -0.1) is 0 Å². The average molecular weight is 418 g/mol. The van der Waals surface area contributed by atoms with Crippen LogP contribution < -0.4 is 16.3 Å². The summed E-state index contributed by atoms with van der Waals surface area (Å²) in [6.45, 7) is 7.11. The molecule has 7 nitrogen and oxygen atoms in total.